The maximum Gasteiger partial charge on any atom is 0.471 e. The summed E-state index contributed by atoms with van der Waals surface area (Å²) in [7, 11) is 0. The minimum Gasteiger partial charge on any atom is -0.344 e. The van der Waals surface area contributed by atoms with Crippen molar-refractivity contribution in [2.24, 2.45) is 0 Å². The second-order valence-electron chi connectivity index (χ2n) is 4.76. The normalized spacial score (nSPS) is 28.1. The molecule has 0 radical (unpaired) electrons. The highest BCUT2D eigenvalue weighted by Gasteiger charge is 2.41. The Balaban J connectivity index is 2.01. The Morgan fingerprint density at radius 3 is 2.84 bits per heavy atom. The Labute approximate surface area is 113 Å². The summed E-state index contributed by atoms with van der Waals surface area (Å²) >= 11 is 1.56. The summed E-state index contributed by atoms with van der Waals surface area (Å²) in [5.41, 5.74) is 1.11. The molecule has 3 unspecified atom stereocenters. The van der Waals surface area contributed by atoms with Crippen LogP contribution in [0.25, 0.3) is 0 Å². The van der Waals surface area contributed by atoms with Gasteiger partial charge < -0.3 is 10.6 Å². The quantitative estimate of drug-likeness (QED) is 0.878. The van der Waals surface area contributed by atoms with Crippen molar-refractivity contribution in [3.05, 3.63) is 22.4 Å². The smallest absolute Gasteiger partial charge is 0.344 e. The number of nitrogens with one attached hydrogen (secondary N) is 2. The van der Waals surface area contributed by atoms with Crippen LogP contribution in [0.2, 0.25) is 0 Å². The number of alkyl halides is 3. The molecule has 106 valence electrons. The molecule has 1 aliphatic rings. The molecular weight excluding hydrogens is 277 g/mol. The molecule has 0 spiro atoms. The highest BCUT2D eigenvalue weighted by atomic mass is 32.1. The van der Waals surface area contributed by atoms with E-state index in [0.29, 0.717) is 6.42 Å². The summed E-state index contributed by atoms with van der Waals surface area (Å²) in [6, 6.07) is 1.30. The van der Waals surface area contributed by atoms with Gasteiger partial charge in [0.05, 0.1) is 0 Å². The van der Waals surface area contributed by atoms with E-state index >= 15 is 0 Å². The number of thiophene rings is 1. The van der Waals surface area contributed by atoms with Crippen LogP contribution >= 0.6 is 11.3 Å². The van der Waals surface area contributed by atoms with E-state index in [1.54, 1.807) is 18.3 Å². The highest BCUT2D eigenvalue weighted by molar-refractivity contribution is 7.07. The third kappa shape index (κ3) is 3.48. The van der Waals surface area contributed by atoms with Gasteiger partial charge in [-0.1, -0.05) is 0 Å². The molecule has 0 bridgehead atoms. The van der Waals surface area contributed by atoms with Gasteiger partial charge in [0.15, 0.2) is 0 Å². The average molecular weight is 292 g/mol. The Morgan fingerprint density at radius 1 is 1.53 bits per heavy atom. The number of carbonyl (C=O) groups excluding carboxylic acids is 1. The van der Waals surface area contributed by atoms with Crippen LogP contribution in [0.1, 0.15) is 24.8 Å². The summed E-state index contributed by atoms with van der Waals surface area (Å²) in [5.74, 6) is -1.72. The molecule has 3 atom stereocenters. The summed E-state index contributed by atoms with van der Waals surface area (Å²) < 4.78 is 36.8. The molecule has 1 aromatic rings. The van der Waals surface area contributed by atoms with Gasteiger partial charge in [-0.2, -0.15) is 24.5 Å². The highest BCUT2D eigenvalue weighted by Crippen LogP contribution is 2.27. The molecule has 3 nitrogen and oxygen atoms in total. The first-order chi connectivity index (χ1) is 8.88. The van der Waals surface area contributed by atoms with Gasteiger partial charge in [-0.15, -0.1) is 0 Å². The second-order valence-corrected chi connectivity index (χ2v) is 5.54. The summed E-state index contributed by atoms with van der Waals surface area (Å²) in [5, 5.41) is 9.16. The van der Waals surface area contributed by atoms with Gasteiger partial charge in [0.1, 0.15) is 0 Å². The van der Waals surface area contributed by atoms with Gasteiger partial charge in [0.2, 0.25) is 0 Å². The molecule has 1 aromatic heterocycles. The molecule has 1 aliphatic heterocycles. The van der Waals surface area contributed by atoms with Gasteiger partial charge in [0, 0.05) is 18.6 Å². The van der Waals surface area contributed by atoms with Crippen molar-refractivity contribution in [2.45, 2.75) is 37.5 Å². The molecule has 2 heterocycles. The Hall–Kier alpha value is -1.08. The maximum absolute atomic E-state index is 12.3. The zero-order valence-corrected chi connectivity index (χ0v) is 11.1. The van der Waals surface area contributed by atoms with Crippen molar-refractivity contribution in [3.63, 3.8) is 0 Å². The fourth-order valence-electron chi connectivity index (χ4n) is 2.26. The molecular formula is C12H15F3N2OS. The van der Waals surface area contributed by atoms with Gasteiger partial charge in [-0.3, -0.25) is 4.79 Å². The van der Waals surface area contributed by atoms with Crippen LogP contribution in [-0.4, -0.2) is 30.7 Å². The van der Waals surface area contributed by atoms with Gasteiger partial charge in [-0.05, 0) is 41.7 Å². The molecule has 19 heavy (non-hydrogen) atoms. The van der Waals surface area contributed by atoms with Crippen LogP contribution in [0.5, 0.6) is 0 Å². The van der Waals surface area contributed by atoms with Crippen molar-refractivity contribution in [1.82, 2.24) is 10.6 Å². The third-order valence-corrected chi connectivity index (χ3v) is 4.12. The molecule has 7 heteroatoms. The van der Waals surface area contributed by atoms with E-state index in [1.165, 1.54) is 0 Å². The largest absolute Gasteiger partial charge is 0.471 e. The maximum atomic E-state index is 12.3. The lowest BCUT2D eigenvalue weighted by Gasteiger charge is -2.35. The number of hydrogen-bond donors (Lipinski definition) is 2. The molecule has 0 aliphatic carbocycles. The summed E-state index contributed by atoms with van der Waals surface area (Å²) in [6.45, 7) is 2.50. The predicted octanol–water partition coefficient (Wildman–Crippen LogP) is 2.26. The minimum absolute atomic E-state index is 0.140. The Bertz CT molecular complexity index is 433. The van der Waals surface area contributed by atoms with E-state index in [2.05, 4.69) is 10.6 Å². The van der Waals surface area contributed by atoms with Crippen LogP contribution in [0, 0.1) is 0 Å². The Morgan fingerprint density at radius 2 is 2.26 bits per heavy atom. The van der Waals surface area contributed by atoms with Crippen molar-refractivity contribution < 1.29 is 18.0 Å². The average Bonchev–Trinajstić information content (AvgIpc) is 2.84. The monoisotopic (exact) mass is 292 g/mol. The van der Waals surface area contributed by atoms with Gasteiger partial charge >= 0.3 is 12.1 Å². The molecule has 2 rings (SSSR count). The van der Waals surface area contributed by atoms with E-state index < -0.39 is 18.1 Å². The lowest BCUT2D eigenvalue weighted by Crippen LogP contribution is -2.56. The van der Waals surface area contributed by atoms with Crippen molar-refractivity contribution in [3.8, 4) is 0 Å². The number of amides is 1. The van der Waals surface area contributed by atoms with Crippen LogP contribution in [0.3, 0.4) is 0 Å². The molecule has 0 saturated carbocycles. The predicted molar refractivity (Wildman–Crippen MR) is 67.1 cm³/mol. The fourth-order valence-corrected chi connectivity index (χ4v) is 3.00. The van der Waals surface area contributed by atoms with E-state index in [1.807, 2.05) is 16.8 Å². The lowest BCUT2D eigenvalue weighted by atomic mass is 9.87. The van der Waals surface area contributed by atoms with Crippen LogP contribution in [0.15, 0.2) is 16.8 Å². The third-order valence-electron chi connectivity index (χ3n) is 3.42. The molecule has 1 fully saturated rings. The Kier molecular flexibility index (Phi) is 4.15. The molecule has 1 amide bonds. The van der Waals surface area contributed by atoms with Gasteiger partial charge in [0.25, 0.3) is 0 Å². The molecule has 1 saturated heterocycles. The van der Waals surface area contributed by atoms with E-state index in [9.17, 15) is 18.0 Å². The van der Waals surface area contributed by atoms with E-state index in [4.69, 9.17) is 0 Å². The first-order valence-corrected chi connectivity index (χ1v) is 6.95. The lowest BCUT2D eigenvalue weighted by molar-refractivity contribution is -0.174. The summed E-state index contributed by atoms with van der Waals surface area (Å²) in [4.78, 5) is 11.0. The van der Waals surface area contributed by atoms with Crippen molar-refractivity contribution >= 4 is 17.2 Å². The molecule has 0 aromatic carbocycles. The molecule has 2 N–H and O–H groups in total. The van der Waals surface area contributed by atoms with E-state index in [0.717, 1.165) is 12.1 Å². The number of piperidine rings is 1. The fraction of sp³-hybridized carbons (Fsp3) is 0.583. The zero-order chi connectivity index (χ0) is 14.0. The first-order valence-electron chi connectivity index (χ1n) is 6.01. The van der Waals surface area contributed by atoms with Crippen LogP contribution in [-0.2, 0) is 4.79 Å². The van der Waals surface area contributed by atoms with Crippen molar-refractivity contribution in [2.75, 3.05) is 6.54 Å². The first kappa shape index (κ1) is 14.3. The standard InChI is InChI=1S/C12H15F3N2OS/c1-7-10(17-11(18)12(13,14)15)4-9(5-16-7)8-2-3-19-6-8/h2-3,6-7,9-10,16H,4-5H2,1H3,(H,17,18). The minimum atomic E-state index is -4.82. The number of carbonyl (C=O) groups is 1. The topological polar surface area (TPSA) is 41.1 Å². The summed E-state index contributed by atoms with van der Waals surface area (Å²) in [6.07, 6.45) is -4.30. The van der Waals surface area contributed by atoms with Crippen LogP contribution < -0.4 is 10.6 Å². The SMILES string of the molecule is CC1NCC(c2ccsc2)CC1NC(=O)C(F)(F)F. The van der Waals surface area contributed by atoms with Crippen molar-refractivity contribution in [1.29, 1.82) is 0 Å². The number of rotatable bonds is 2. The van der Waals surface area contributed by atoms with Crippen LogP contribution in [0.4, 0.5) is 13.2 Å². The zero-order valence-electron chi connectivity index (χ0n) is 10.3. The van der Waals surface area contributed by atoms with Gasteiger partial charge in [-0.25, -0.2) is 0 Å². The number of hydrogen-bond acceptors (Lipinski definition) is 3. The van der Waals surface area contributed by atoms with E-state index in [-0.39, 0.29) is 12.0 Å². The second kappa shape index (κ2) is 5.50. The number of halogens is 3.